The standard InChI is InChI=1S/C13H19N3O4S/c1-13(2,3)11-10(21-15-14-11)12(19)16-4-5-20-7-8(16)6-9(17)18/h8H,4-7H2,1-3H3,(H,17,18). The van der Waals surface area contributed by atoms with E-state index in [1.165, 1.54) is 0 Å². The third-order valence-corrected chi connectivity index (χ3v) is 4.01. The molecule has 1 aliphatic heterocycles. The molecule has 1 aliphatic rings. The number of hydrogen-bond donors (Lipinski definition) is 1. The van der Waals surface area contributed by atoms with E-state index in [0.29, 0.717) is 23.7 Å². The van der Waals surface area contributed by atoms with Gasteiger partial charge in [-0.05, 0) is 11.5 Å². The Balaban J connectivity index is 2.25. The number of ether oxygens (including phenoxy) is 1. The summed E-state index contributed by atoms with van der Waals surface area (Å²) in [4.78, 5) is 25.7. The summed E-state index contributed by atoms with van der Waals surface area (Å²) < 4.78 is 9.18. The van der Waals surface area contributed by atoms with Crippen molar-refractivity contribution in [1.29, 1.82) is 0 Å². The molecular weight excluding hydrogens is 294 g/mol. The van der Waals surface area contributed by atoms with Crippen molar-refractivity contribution in [3.63, 3.8) is 0 Å². The summed E-state index contributed by atoms with van der Waals surface area (Å²) in [6, 6.07) is -0.446. The molecule has 2 rings (SSSR count). The molecule has 1 saturated heterocycles. The van der Waals surface area contributed by atoms with Crippen LogP contribution >= 0.6 is 11.5 Å². The molecule has 116 valence electrons. The lowest BCUT2D eigenvalue weighted by Gasteiger charge is -2.34. The van der Waals surface area contributed by atoms with Crippen LogP contribution in [0.25, 0.3) is 0 Å². The summed E-state index contributed by atoms with van der Waals surface area (Å²) in [7, 11) is 0. The van der Waals surface area contributed by atoms with Crippen LogP contribution in [0.15, 0.2) is 0 Å². The molecule has 0 bridgehead atoms. The van der Waals surface area contributed by atoms with E-state index in [1.54, 1.807) is 4.90 Å². The smallest absolute Gasteiger partial charge is 0.305 e. The SMILES string of the molecule is CC(C)(C)c1nnsc1C(=O)N1CCOCC1CC(=O)O. The quantitative estimate of drug-likeness (QED) is 0.900. The van der Waals surface area contributed by atoms with Crippen molar-refractivity contribution in [2.45, 2.75) is 38.6 Å². The van der Waals surface area contributed by atoms with Crippen molar-refractivity contribution >= 4 is 23.4 Å². The van der Waals surface area contributed by atoms with Crippen LogP contribution in [-0.2, 0) is 14.9 Å². The van der Waals surface area contributed by atoms with E-state index in [1.807, 2.05) is 20.8 Å². The van der Waals surface area contributed by atoms with Crippen LogP contribution < -0.4 is 0 Å². The summed E-state index contributed by atoms with van der Waals surface area (Å²) in [6.45, 7) is 6.95. The molecule has 21 heavy (non-hydrogen) atoms. The first-order valence-corrected chi connectivity index (χ1v) is 7.51. The average Bonchev–Trinajstić information content (AvgIpc) is 2.87. The maximum Gasteiger partial charge on any atom is 0.305 e. The number of carboxylic acid groups (broad SMARTS) is 1. The molecule has 7 nitrogen and oxygen atoms in total. The Morgan fingerprint density at radius 3 is 2.81 bits per heavy atom. The zero-order valence-electron chi connectivity index (χ0n) is 12.3. The summed E-state index contributed by atoms with van der Waals surface area (Å²) in [5.41, 5.74) is 0.366. The maximum absolute atomic E-state index is 12.7. The van der Waals surface area contributed by atoms with Gasteiger partial charge in [-0.15, -0.1) is 5.10 Å². The largest absolute Gasteiger partial charge is 0.481 e. The second-order valence-corrected chi connectivity index (χ2v) is 6.78. The van der Waals surface area contributed by atoms with Crippen LogP contribution in [0.5, 0.6) is 0 Å². The molecule has 1 unspecified atom stereocenters. The van der Waals surface area contributed by atoms with Gasteiger partial charge >= 0.3 is 5.97 Å². The predicted molar refractivity (Wildman–Crippen MR) is 76.5 cm³/mol. The topological polar surface area (TPSA) is 92.6 Å². The number of morpholine rings is 1. The van der Waals surface area contributed by atoms with Gasteiger partial charge in [-0.2, -0.15) is 0 Å². The molecule has 2 heterocycles. The molecule has 0 aliphatic carbocycles. The average molecular weight is 313 g/mol. The zero-order valence-corrected chi connectivity index (χ0v) is 13.1. The van der Waals surface area contributed by atoms with E-state index in [2.05, 4.69) is 9.59 Å². The lowest BCUT2D eigenvalue weighted by molar-refractivity contribution is -0.139. The van der Waals surface area contributed by atoms with Crippen LogP contribution in [0, 0.1) is 0 Å². The molecular formula is C13H19N3O4S. The predicted octanol–water partition coefficient (Wildman–Crippen LogP) is 1.15. The highest BCUT2D eigenvalue weighted by atomic mass is 32.1. The fourth-order valence-electron chi connectivity index (χ4n) is 2.24. The van der Waals surface area contributed by atoms with Crippen LogP contribution in [0.3, 0.4) is 0 Å². The normalized spacial score (nSPS) is 19.6. The van der Waals surface area contributed by atoms with Gasteiger partial charge in [0.2, 0.25) is 0 Å². The highest BCUT2D eigenvalue weighted by molar-refractivity contribution is 7.08. The van der Waals surface area contributed by atoms with Gasteiger partial charge < -0.3 is 14.7 Å². The highest BCUT2D eigenvalue weighted by Gasteiger charge is 2.34. The summed E-state index contributed by atoms with van der Waals surface area (Å²) in [5, 5.41) is 13.0. The number of amides is 1. The fourth-order valence-corrected chi connectivity index (χ4v) is 3.08. The van der Waals surface area contributed by atoms with Crippen molar-refractivity contribution < 1.29 is 19.4 Å². The number of aliphatic carboxylic acids is 1. The van der Waals surface area contributed by atoms with E-state index in [-0.39, 0.29) is 24.3 Å². The second-order valence-electron chi connectivity index (χ2n) is 6.03. The number of carbonyl (C=O) groups excluding carboxylic acids is 1. The first-order chi connectivity index (χ1) is 9.80. The third kappa shape index (κ3) is 3.56. The maximum atomic E-state index is 12.7. The van der Waals surface area contributed by atoms with Gasteiger partial charge in [0.15, 0.2) is 0 Å². The number of hydrogen-bond acceptors (Lipinski definition) is 6. The van der Waals surface area contributed by atoms with Gasteiger partial charge in [-0.25, -0.2) is 0 Å². The first-order valence-electron chi connectivity index (χ1n) is 6.74. The third-order valence-electron chi connectivity index (χ3n) is 3.29. The second kappa shape index (κ2) is 6.07. The fraction of sp³-hybridized carbons (Fsp3) is 0.692. The van der Waals surface area contributed by atoms with Crippen molar-refractivity contribution in [3.05, 3.63) is 10.6 Å². The Kier molecular flexibility index (Phi) is 4.58. The van der Waals surface area contributed by atoms with Gasteiger partial charge in [0.05, 0.1) is 31.4 Å². The number of carboxylic acids is 1. The van der Waals surface area contributed by atoms with Crippen LogP contribution in [-0.4, -0.2) is 57.3 Å². The minimum absolute atomic E-state index is 0.122. The van der Waals surface area contributed by atoms with Gasteiger partial charge in [0.25, 0.3) is 5.91 Å². The molecule has 1 fully saturated rings. The van der Waals surface area contributed by atoms with E-state index in [0.717, 1.165) is 11.5 Å². The number of aromatic nitrogens is 2. The minimum atomic E-state index is -0.943. The van der Waals surface area contributed by atoms with Gasteiger partial charge in [-0.3, -0.25) is 9.59 Å². The van der Waals surface area contributed by atoms with Crippen molar-refractivity contribution in [2.24, 2.45) is 0 Å². The first kappa shape index (κ1) is 15.8. The number of carbonyl (C=O) groups is 2. The molecule has 8 heteroatoms. The Bertz CT molecular complexity index is 538. The number of nitrogens with zero attached hydrogens (tertiary/aromatic N) is 3. The van der Waals surface area contributed by atoms with Crippen molar-refractivity contribution in [1.82, 2.24) is 14.5 Å². The van der Waals surface area contributed by atoms with Crippen LogP contribution in [0.1, 0.15) is 42.6 Å². The summed E-state index contributed by atoms with van der Waals surface area (Å²) in [5.74, 6) is -1.15. The molecule has 0 saturated carbocycles. The van der Waals surface area contributed by atoms with E-state index >= 15 is 0 Å². The molecule has 1 aromatic heterocycles. The Hall–Kier alpha value is -1.54. The van der Waals surface area contributed by atoms with Crippen molar-refractivity contribution in [3.8, 4) is 0 Å². The Morgan fingerprint density at radius 1 is 1.48 bits per heavy atom. The molecule has 1 amide bonds. The molecule has 0 aromatic carbocycles. The molecule has 0 radical (unpaired) electrons. The lowest BCUT2D eigenvalue weighted by Crippen LogP contribution is -2.49. The Labute approximate surface area is 127 Å². The Morgan fingerprint density at radius 2 is 2.19 bits per heavy atom. The summed E-state index contributed by atoms with van der Waals surface area (Å²) >= 11 is 1.06. The lowest BCUT2D eigenvalue weighted by atomic mass is 9.91. The van der Waals surface area contributed by atoms with E-state index in [4.69, 9.17) is 9.84 Å². The van der Waals surface area contributed by atoms with Crippen molar-refractivity contribution in [2.75, 3.05) is 19.8 Å². The monoisotopic (exact) mass is 313 g/mol. The minimum Gasteiger partial charge on any atom is -0.481 e. The van der Waals surface area contributed by atoms with Crippen LogP contribution in [0.4, 0.5) is 0 Å². The van der Waals surface area contributed by atoms with Crippen LogP contribution in [0.2, 0.25) is 0 Å². The van der Waals surface area contributed by atoms with Gasteiger partial charge in [0, 0.05) is 12.0 Å². The van der Waals surface area contributed by atoms with Gasteiger partial charge in [-0.1, -0.05) is 25.3 Å². The molecule has 1 atom stereocenters. The molecule has 1 aromatic rings. The van der Waals surface area contributed by atoms with Gasteiger partial charge in [0.1, 0.15) is 4.88 Å². The van der Waals surface area contributed by atoms with E-state index < -0.39 is 12.0 Å². The molecule has 1 N–H and O–H groups in total. The molecule has 0 spiro atoms. The highest BCUT2D eigenvalue weighted by Crippen LogP contribution is 2.28. The zero-order chi connectivity index (χ0) is 15.6. The van der Waals surface area contributed by atoms with E-state index in [9.17, 15) is 9.59 Å². The summed E-state index contributed by atoms with van der Waals surface area (Å²) in [6.07, 6.45) is -0.122. The number of rotatable bonds is 3.